The highest BCUT2D eigenvalue weighted by atomic mass is 16.5. The second-order valence-electron chi connectivity index (χ2n) is 33.9. The molecule has 0 aromatic carbocycles. The molecule has 8 saturated carbocycles. The molecule has 0 radical (unpaired) electrons. The molecule has 27 atom stereocenters. The Bertz CT molecular complexity index is 3140. The van der Waals surface area contributed by atoms with Crippen molar-refractivity contribution in [3.05, 3.63) is 81.8 Å². The lowest BCUT2D eigenvalue weighted by Gasteiger charge is -2.71. The van der Waals surface area contributed by atoms with Crippen molar-refractivity contribution < 1.29 is 60.2 Å². The van der Waals surface area contributed by atoms with Crippen molar-refractivity contribution >= 4 is 5.78 Å². The number of allylic oxidation sites excluding steroid dienone is 9. The molecule has 1 unspecified atom stereocenters. The Morgan fingerprint density at radius 3 is 2.44 bits per heavy atom. The molecule has 0 aromatic rings. The van der Waals surface area contributed by atoms with Crippen LogP contribution in [0.25, 0.3) is 0 Å². The predicted molar refractivity (Wildman–Crippen MR) is 343 cm³/mol. The normalized spacial score (nSPS) is 51.0. The fraction of sp³-hybridized carbons (Fsp3) is 0.803. The van der Waals surface area contributed by atoms with Gasteiger partial charge in [0.15, 0.2) is 5.78 Å². The highest BCUT2D eigenvalue weighted by Crippen LogP contribution is 2.80. The maximum absolute atomic E-state index is 17.6. The summed E-state index contributed by atoms with van der Waals surface area (Å²) in [5.41, 5.74) is 1.20. The largest absolute Gasteiger partial charge is 0.396 e. The molecule has 4 spiro atoms. The zero-order chi connectivity index (χ0) is 63.2. The molecule has 13 N–H and O–H groups in total. The van der Waals surface area contributed by atoms with Crippen molar-refractivity contribution in [1.29, 1.82) is 0 Å². The molecule has 15 heteroatoms. The SMILES string of the molecule is CCC[C@@H]1CC[C@H]2[C@H]3[C@@H](O[C@@H]2CC1)[C@@](O)([C@](C)(O)[C@H]1CC[C@@]2(O)C4=C(NC[C@H](C)O)C(=O)[C@@]56/C=C/[C@H]7C8=C9C(=CC8)[C@@H]8[C@H](CCC8%10CCCC%10)O[C@@H]9C[C@@H]8CC[C@H](C[C@H]87)[C@@]12C[C@@]1(O)C=C[C@H](C2=C(CCCO)NC(N)C=C2)C[C@@]5(C[C@H](O)[C@H](O)C6)[C@H]41)CCC[C@@H]3O. The highest BCUT2D eigenvalue weighted by molar-refractivity contribution is 6.04. The number of carbonyl (C=O) groups excluding carboxylic acids is 1. The van der Waals surface area contributed by atoms with E-state index >= 15 is 15.0 Å². The van der Waals surface area contributed by atoms with Gasteiger partial charge in [-0.15, -0.1) is 0 Å². The maximum Gasteiger partial charge on any atom is 0.189 e. The lowest BCUT2D eigenvalue weighted by molar-refractivity contribution is -0.279. The molecule has 0 aromatic heterocycles. The summed E-state index contributed by atoms with van der Waals surface area (Å²) in [6.45, 7) is 5.61. The van der Waals surface area contributed by atoms with Crippen LogP contribution in [0, 0.1) is 86.8 Å². The first kappa shape index (κ1) is 62.8. The van der Waals surface area contributed by atoms with Crippen LogP contribution < -0.4 is 16.4 Å². The molecular formula is C76H109N3O12. The molecule has 8 bridgehead atoms. The number of ether oxygens (including phenoxy) is 2. The number of hydrogen-bond acceptors (Lipinski definition) is 15. The van der Waals surface area contributed by atoms with Crippen LogP contribution in [0.1, 0.15) is 201 Å². The zero-order valence-electron chi connectivity index (χ0n) is 54.6. The number of Topliss-reactive ketones (excluding diaryl/α,β-unsaturated/α-hetero) is 1. The maximum atomic E-state index is 17.6. The number of nitrogens with one attached hydrogen (secondary N) is 2. The van der Waals surface area contributed by atoms with E-state index < -0.39 is 99.0 Å². The molecule has 0 amide bonds. The Morgan fingerprint density at radius 1 is 0.846 bits per heavy atom. The van der Waals surface area contributed by atoms with E-state index in [1.165, 1.54) is 48.8 Å². The first-order chi connectivity index (χ1) is 43.6. The van der Waals surface area contributed by atoms with E-state index in [0.29, 0.717) is 55.9 Å². The topological polar surface area (TPSA) is 268 Å². The van der Waals surface area contributed by atoms with Crippen LogP contribution in [0.4, 0.5) is 0 Å². The zero-order valence-corrected chi connectivity index (χ0v) is 54.6. The van der Waals surface area contributed by atoms with E-state index in [4.69, 9.17) is 15.2 Å². The van der Waals surface area contributed by atoms with E-state index in [2.05, 4.69) is 41.9 Å². The molecule has 10 fully saturated rings. The van der Waals surface area contributed by atoms with Gasteiger partial charge in [0.2, 0.25) is 0 Å². The van der Waals surface area contributed by atoms with Crippen LogP contribution in [-0.2, 0) is 14.3 Å². The number of aliphatic hydroxyl groups excluding tert-OH is 5. The van der Waals surface area contributed by atoms with Gasteiger partial charge in [0.25, 0.3) is 0 Å². The summed E-state index contributed by atoms with van der Waals surface area (Å²) in [5.74, 6) is -2.65. The van der Waals surface area contributed by atoms with Gasteiger partial charge < -0.3 is 71.8 Å². The number of fused-ring (bicyclic) bond motifs is 7. The van der Waals surface area contributed by atoms with Crippen LogP contribution in [0.5, 0.6) is 0 Å². The molecule has 3 aliphatic heterocycles. The van der Waals surface area contributed by atoms with Gasteiger partial charge in [-0.25, -0.2) is 0 Å². The van der Waals surface area contributed by atoms with Crippen molar-refractivity contribution in [3.63, 3.8) is 0 Å². The Hall–Kier alpha value is -3.03. The molecule has 2 saturated heterocycles. The van der Waals surface area contributed by atoms with Crippen LogP contribution >= 0.6 is 0 Å². The third kappa shape index (κ3) is 8.74. The summed E-state index contributed by atoms with van der Waals surface area (Å²) in [7, 11) is 0. The quantitative estimate of drug-likeness (QED) is 0.0870. The number of nitrogens with two attached hydrogens (primary N) is 1. The predicted octanol–water partition coefficient (Wildman–Crippen LogP) is 8.21. The highest BCUT2D eigenvalue weighted by Gasteiger charge is 2.83. The van der Waals surface area contributed by atoms with Crippen LogP contribution in [0.15, 0.2) is 81.8 Å². The molecular weight excluding hydrogens is 1150 g/mol. The van der Waals surface area contributed by atoms with E-state index in [1.807, 2.05) is 18.2 Å². The monoisotopic (exact) mass is 1260 g/mol. The summed E-state index contributed by atoms with van der Waals surface area (Å²) in [6, 6.07) is 0. The molecule has 17 aliphatic rings. The van der Waals surface area contributed by atoms with Crippen molar-refractivity contribution in [2.45, 2.75) is 278 Å². The van der Waals surface area contributed by atoms with E-state index in [-0.39, 0.29) is 123 Å². The van der Waals surface area contributed by atoms with E-state index in [0.717, 1.165) is 75.5 Å². The van der Waals surface area contributed by atoms with Gasteiger partial charge in [0.05, 0.1) is 82.9 Å². The molecule has 500 valence electrons. The second kappa shape index (κ2) is 22.2. The molecule has 14 aliphatic carbocycles. The first-order valence-corrected chi connectivity index (χ1v) is 36.9. The van der Waals surface area contributed by atoms with Gasteiger partial charge in [0.1, 0.15) is 5.60 Å². The lowest BCUT2D eigenvalue weighted by atomic mass is 9.34. The average molecular weight is 1260 g/mol. The van der Waals surface area contributed by atoms with Crippen molar-refractivity contribution in [1.82, 2.24) is 10.6 Å². The van der Waals surface area contributed by atoms with E-state index in [9.17, 15) is 35.7 Å². The van der Waals surface area contributed by atoms with Crippen molar-refractivity contribution in [2.75, 3.05) is 13.2 Å². The number of dihydropyridines is 1. The average Bonchev–Trinajstić information content (AvgIpc) is 1.63. The van der Waals surface area contributed by atoms with Crippen molar-refractivity contribution in [3.8, 4) is 0 Å². The summed E-state index contributed by atoms with van der Waals surface area (Å²) in [5, 5.41) is 127. The van der Waals surface area contributed by atoms with Gasteiger partial charge in [-0.2, -0.15) is 0 Å². The minimum Gasteiger partial charge on any atom is -0.396 e. The molecule has 3 heterocycles. The number of carbonyl (C=O) groups is 1. The number of ketones is 1. The fourth-order valence-corrected chi connectivity index (χ4v) is 26.5. The minimum absolute atomic E-state index is 0.000848. The number of aliphatic hydroxyl groups is 9. The Balaban J connectivity index is 0.945. The summed E-state index contributed by atoms with van der Waals surface area (Å²) >= 11 is 0. The third-order valence-electron chi connectivity index (χ3n) is 30.0. The summed E-state index contributed by atoms with van der Waals surface area (Å²) in [6.07, 6.45) is 28.5. The van der Waals surface area contributed by atoms with Gasteiger partial charge in [0, 0.05) is 59.3 Å². The summed E-state index contributed by atoms with van der Waals surface area (Å²) in [4.78, 5) is 17.6. The Kier molecular flexibility index (Phi) is 15.3. The summed E-state index contributed by atoms with van der Waals surface area (Å²) < 4.78 is 14.9. The smallest absolute Gasteiger partial charge is 0.189 e. The fourth-order valence-electron chi connectivity index (χ4n) is 26.5. The molecule has 15 nitrogen and oxygen atoms in total. The second-order valence-corrected chi connectivity index (χ2v) is 33.9. The van der Waals surface area contributed by atoms with Crippen LogP contribution in [-0.4, -0.2) is 142 Å². The van der Waals surface area contributed by atoms with Crippen molar-refractivity contribution in [2.24, 2.45) is 92.5 Å². The number of rotatable bonds is 11. The third-order valence-corrected chi connectivity index (χ3v) is 30.0. The molecule has 91 heavy (non-hydrogen) atoms. The van der Waals surface area contributed by atoms with Crippen LogP contribution in [0.2, 0.25) is 0 Å². The van der Waals surface area contributed by atoms with Gasteiger partial charge >= 0.3 is 0 Å². The number of hydrogen-bond donors (Lipinski definition) is 12. The van der Waals surface area contributed by atoms with Crippen LogP contribution in [0.3, 0.4) is 0 Å². The lowest BCUT2D eigenvalue weighted by Crippen LogP contribution is -2.76. The van der Waals surface area contributed by atoms with Gasteiger partial charge in [-0.05, 0) is 231 Å². The first-order valence-electron chi connectivity index (χ1n) is 36.9. The Morgan fingerprint density at radius 2 is 1.65 bits per heavy atom. The van der Waals surface area contributed by atoms with E-state index in [1.54, 1.807) is 13.8 Å². The van der Waals surface area contributed by atoms with Gasteiger partial charge in [-0.3, -0.25) is 4.79 Å². The molecule has 17 rings (SSSR count). The standard InChI is InChI=1S/C76H109N3O12/c1-4-9-42-12-16-49-56(20-13-42)91-68-62(49)53(82)11-7-28-76(68,89)69(3,86)59-25-32-75(88)64-65(78-39-41(2)81)67(85)71-30-23-47-48-17-18-50-61(48)58(90-57-24-29-70(63(50)57)26-5-6-27-70)34-43-14-15-45(35-51(43)47)74(59,75)40-73(87)31-22-44(46-19-21-60(77)79-52(46)10-8-33-80)36-72(71,66(64)73)38-55(84)54(83)37-71/h18-19,21-23,30-31,41-45,47,49,51,53-60,62-63,66,68,78-84,86-89H,4-17,20,24-29,32-40,77H2,1-3H3/b30-23+/t41-,42+,43-,44-,45+,47-,49+,51+,53-,54+,55-,56+,57-,58+,59+,60?,62+,63+,66-,68+,69+,71-,72+,73-,74-,75+,76+/m0/s1. The Labute approximate surface area is 539 Å². The minimum atomic E-state index is -2.00. The van der Waals surface area contributed by atoms with Gasteiger partial charge in [-0.1, -0.05) is 81.1 Å².